The number of likely N-dealkylation sites (tertiary alicyclic amines) is 1. The Bertz CT molecular complexity index is 488. The Kier molecular flexibility index (Phi) is 3.75. The summed E-state index contributed by atoms with van der Waals surface area (Å²) < 4.78 is 13.8. The predicted octanol–water partition coefficient (Wildman–Crippen LogP) is 1.85. The van der Waals surface area contributed by atoms with E-state index in [1.54, 1.807) is 17.9 Å². The molecule has 0 aliphatic carbocycles. The molecule has 0 spiro atoms. The number of amides is 1. The minimum atomic E-state index is -0.846. The first-order valence-electron chi connectivity index (χ1n) is 6.48. The van der Waals surface area contributed by atoms with E-state index in [1.165, 1.54) is 12.1 Å². The van der Waals surface area contributed by atoms with Crippen LogP contribution < -0.4 is 5.32 Å². The molecule has 5 heteroatoms. The molecule has 1 saturated heterocycles. The molecule has 1 aliphatic rings. The summed E-state index contributed by atoms with van der Waals surface area (Å²) in [6, 6.07) is 4.46. The van der Waals surface area contributed by atoms with Crippen molar-refractivity contribution in [2.75, 3.05) is 25.0 Å². The highest BCUT2D eigenvalue weighted by Crippen LogP contribution is 2.26. The summed E-state index contributed by atoms with van der Waals surface area (Å²) in [4.78, 5) is 14.0. The van der Waals surface area contributed by atoms with E-state index >= 15 is 0 Å². The van der Waals surface area contributed by atoms with Gasteiger partial charge >= 0.3 is 0 Å². The Labute approximate surface area is 112 Å². The summed E-state index contributed by atoms with van der Waals surface area (Å²) in [7, 11) is 0. The molecule has 1 unspecified atom stereocenters. The lowest BCUT2D eigenvalue weighted by Crippen LogP contribution is -2.34. The Morgan fingerprint density at radius 1 is 1.58 bits per heavy atom. The van der Waals surface area contributed by atoms with Gasteiger partial charge in [0.25, 0.3) is 5.91 Å². The summed E-state index contributed by atoms with van der Waals surface area (Å²) in [6.45, 7) is 4.87. The van der Waals surface area contributed by atoms with E-state index in [0.29, 0.717) is 25.1 Å². The highest BCUT2D eigenvalue weighted by Gasteiger charge is 2.35. The Hall–Kier alpha value is -1.62. The third-order valence-electron chi connectivity index (χ3n) is 3.34. The molecule has 0 saturated carbocycles. The maximum atomic E-state index is 13.8. The van der Waals surface area contributed by atoms with Crippen LogP contribution in [0.15, 0.2) is 18.2 Å². The molecule has 1 fully saturated rings. The predicted molar refractivity (Wildman–Crippen MR) is 71.7 cm³/mol. The van der Waals surface area contributed by atoms with Gasteiger partial charge in [0.1, 0.15) is 5.82 Å². The molecule has 0 bridgehead atoms. The average molecular weight is 266 g/mol. The topological polar surface area (TPSA) is 52.6 Å². The molecule has 1 heterocycles. The Morgan fingerprint density at radius 3 is 2.89 bits per heavy atom. The lowest BCUT2D eigenvalue weighted by molar-refractivity contribution is 0.0572. The van der Waals surface area contributed by atoms with Gasteiger partial charge in [-0.1, -0.05) is 6.07 Å². The number of halogens is 1. The number of aliphatic hydroxyl groups is 1. The molecule has 1 aromatic rings. The molecule has 4 nitrogen and oxygen atoms in total. The van der Waals surface area contributed by atoms with Crippen molar-refractivity contribution in [3.05, 3.63) is 29.6 Å². The standard InChI is InChI=1S/C14H19FN2O2/c1-3-16-12-10(5-4-6-11(12)15)13(18)17-8-7-14(2,19)9-17/h4-6,16,19H,3,7-9H2,1-2H3. The van der Waals surface area contributed by atoms with Gasteiger partial charge in [-0.3, -0.25) is 4.79 Å². The highest BCUT2D eigenvalue weighted by atomic mass is 19.1. The Morgan fingerprint density at radius 2 is 2.32 bits per heavy atom. The Balaban J connectivity index is 2.27. The van der Waals surface area contributed by atoms with Crippen LogP contribution >= 0.6 is 0 Å². The number of nitrogens with one attached hydrogen (secondary N) is 1. The van der Waals surface area contributed by atoms with Crippen LogP contribution in [0.1, 0.15) is 30.6 Å². The molecule has 104 valence electrons. The first-order chi connectivity index (χ1) is 8.94. The first-order valence-corrected chi connectivity index (χ1v) is 6.48. The van der Waals surface area contributed by atoms with Crippen LogP contribution in [0.4, 0.5) is 10.1 Å². The van der Waals surface area contributed by atoms with Crippen molar-refractivity contribution < 1.29 is 14.3 Å². The number of β-amino-alcohol motifs (C(OH)–C–C–N with tert-alkyl or cyclic N) is 1. The summed E-state index contributed by atoms with van der Waals surface area (Å²) in [6.07, 6.45) is 0.546. The average Bonchev–Trinajstić information content (AvgIpc) is 2.72. The van der Waals surface area contributed by atoms with Crippen LogP contribution in [-0.2, 0) is 0 Å². The van der Waals surface area contributed by atoms with Gasteiger partial charge in [-0.25, -0.2) is 4.39 Å². The molecule has 19 heavy (non-hydrogen) atoms. The van der Waals surface area contributed by atoms with Gasteiger partial charge in [0.05, 0.1) is 16.9 Å². The molecular formula is C14H19FN2O2. The van der Waals surface area contributed by atoms with Gasteiger partial charge in [0.2, 0.25) is 0 Å². The third kappa shape index (κ3) is 2.87. The molecule has 1 aliphatic heterocycles. The number of rotatable bonds is 3. The van der Waals surface area contributed by atoms with Crippen LogP contribution in [0.5, 0.6) is 0 Å². The summed E-state index contributed by atoms with van der Waals surface area (Å²) >= 11 is 0. The maximum Gasteiger partial charge on any atom is 0.256 e. The van der Waals surface area contributed by atoms with Crippen LogP contribution in [0.2, 0.25) is 0 Å². The van der Waals surface area contributed by atoms with Crippen LogP contribution in [0.3, 0.4) is 0 Å². The smallest absolute Gasteiger partial charge is 0.256 e. The summed E-state index contributed by atoms with van der Waals surface area (Å²) in [5.74, 6) is -0.674. The second-order valence-corrected chi connectivity index (χ2v) is 5.17. The zero-order valence-corrected chi connectivity index (χ0v) is 11.2. The number of hydrogen-bond acceptors (Lipinski definition) is 3. The van der Waals surface area contributed by atoms with E-state index in [-0.39, 0.29) is 18.1 Å². The number of anilines is 1. The fourth-order valence-corrected chi connectivity index (χ4v) is 2.35. The van der Waals surface area contributed by atoms with E-state index in [9.17, 15) is 14.3 Å². The van der Waals surface area contributed by atoms with E-state index in [4.69, 9.17) is 0 Å². The van der Waals surface area contributed by atoms with E-state index in [0.717, 1.165) is 0 Å². The highest BCUT2D eigenvalue weighted by molar-refractivity contribution is 6.00. The lowest BCUT2D eigenvalue weighted by atomic mass is 10.1. The number of para-hydroxylation sites is 1. The second-order valence-electron chi connectivity index (χ2n) is 5.17. The lowest BCUT2D eigenvalue weighted by Gasteiger charge is -2.20. The summed E-state index contributed by atoms with van der Waals surface area (Å²) in [5, 5.41) is 12.8. The molecule has 2 rings (SSSR count). The van der Waals surface area contributed by atoms with Gasteiger partial charge in [-0.15, -0.1) is 0 Å². The molecule has 0 radical (unpaired) electrons. The molecule has 1 amide bonds. The van der Waals surface area contributed by atoms with Gasteiger partial charge in [0.15, 0.2) is 0 Å². The second kappa shape index (κ2) is 5.17. The van der Waals surface area contributed by atoms with Crippen molar-refractivity contribution in [2.45, 2.75) is 25.9 Å². The molecular weight excluding hydrogens is 247 g/mol. The van der Waals surface area contributed by atoms with Gasteiger partial charge in [0, 0.05) is 19.6 Å². The normalized spacial score (nSPS) is 22.6. The maximum absolute atomic E-state index is 13.8. The summed E-state index contributed by atoms with van der Waals surface area (Å²) in [5.41, 5.74) is -0.289. The fraction of sp³-hybridized carbons (Fsp3) is 0.500. The van der Waals surface area contributed by atoms with Crippen LogP contribution in [0.25, 0.3) is 0 Å². The van der Waals surface area contributed by atoms with Crippen LogP contribution in [-0.4, -0.2) is 41.1 Å². The SMILES string of the molecule is CCNc1c(F)cccc1C(=O)N1CCC(C)(O)C1. The fourth-order valence-electron chi connectivity index (χ4n) is 2.35. The van der Waals surface area contributed by atoms with Crippen molar-refractivity contribution in [3.8, 4) is 0 Å². The first kappa shape index (κ1) is 13.8. The third-order valence-corrected chi connectivity index (χ3v) is 3.34. The number of carbonyl (C=O) groups excluding carboxylic acids is 1. The zero-order valence-electron chi connectivity index (χ0n) is 11.2. The van der Waals surface area contributed by atoms with Crippen molar-refractivity contribution in [1.82, 2.24) is 4.90 Å². The van der Waals surface area contributed by atoms with Gasteiger partial charge in [-0.05, 0) is 32.4 Å². The van der Waals surface area contributed by atoms with E-state index in [1.807, 2.05) is 6.92 Å². The van der Waals surface area contributed by atoms with Crippen molar-refractivity contribution in [3.63, 3.8) is 0 Å². The minimum absolute atomic E-state index is 0.238. The largest absolute Gasteiger partial charge is 0.388 e. The quantitative estimate of drug-likeness (QED) is 0.878. The van der Waals surface area contributed by atoms with Gasteiger partial charge < -0.3 is 15.3 Å². The molecule has 1 atom stereocenters. The zero-order chi connectivity index (χ0) is 14.0. The molecule has 2 N–H and O–H groups in total. The molecule has 0 aromatic heterocycles. The number of carbonyl (C=O) groups is 1. The van der Waals surface area contributed by atoms with Crippen molar-refractivity contribution >= 4 is 11.6 Å². The number of hydrogen-bond donors (Lipinski definition) is 2. The number of nitrogens with zero attached hydrogens (tertiary/aromatic N) is 1. The van der Waals surface area contributed by atoms with Gasteiger partial charge in [-0.2, -0.15) is 0 Å². The number of benzene rings is 1. The minimum Gasteiger partial charge on any atom is -0.388 e. The van der Waals surface area contributed by atoms with E-state index in [2.05, 4.69) is 5.32 Å². The van der Waals surface area contributed by atoms with E-state index < -0.39 is 11.4 Å². The monoisotopic (exact) mass is 266 g/mol. The van der Waals surface area contributed by atoms with Crippen molar-refractivity contribution in [2.24, 2.45) is 0 Å². The van der Waals surface area contributed by atoms with Crippen LogP contribution in [0, 0.1) is 5.82 Å². The van der Waals surface area contributed by atoms with Crippen molar-refractivity contribution in [1.29, 1.82) is 0 Å². The molecule has 1 aromatic carbocycles.